The Balaban J connectivity index is 2.01. The Morgan fingerprint density at radius 2 is 1.75 bits per heavy atom. The molecular weight excluding hydrogens is 353 g/mol. The minimum atomic E-state index is -1.09. The third-order valence-corrected chi connectivity index (χ3v) is 3.89. The number of carboxylic acids is 1. The van der Waals surface area contributed by atoms with Crippen molar-refractivity contribution in [3.05, 3.63) is 64.1 Å². The molecule has 7 heteroatoms. The average Bonchev–Trinajstić information content (AvgIpc) is 2.55. The fourth-order valence-electron chi connectivity index (χ4n) is 2.00. The van der Waals surface area contributed by atoms with Crippen molar-refractivity contribution in [3.63, 3.8) is 0 Å². The lowest BCUT2D eigenvalue weighted by Crippen LogP contribution is -2.38. The number of amides is 1. The van der Waals surface area contributed by atoms with Crippen LogP contribution in [-0.2, 0) is 16.1 Å². The third-order valence-electron chi connectivity index (χ3n) is 3.15. The Kier molecular flexibility index (Phi) is 6.46. The van der Waals surface area contributed by atoms with Gasteiger partial charge in [-0.3, -0.25) is 9.59 Å². The normalized spacial score (nSPS) is 10.2. The number of aliphatic carboxylic acids is 1. The van der Waals surface area contributed by atoms with Crippen molar-refractivity contribution in [1.82, 2.24) is 4.90 Å². The smallest absolute Gasteiger partial charge is 0.323 e. The summed E-state index contributed by atoms with van der Waals surface area (Å²) in [4.78, 5) is 24.5. The van der Waals surface area contributed by atoms with Crippen molar-refractivity contribution in [2.75, 3.05) is 13.2 Å². The van der Waals surface area contributed by atoms with Crippen LogP contribution >= 0.6 is 23.2 Å². The van der Waals surface area contributed by atoms with E-state index in [1.54, 1.807) is 12.1 Å². The number of halogens is 2. The van der Waals surface area contributed by atoms with Crippen LogP contribution in [0, 0.1) is 0 Å². The predicted molar refractivity (Wildman–Crippen MR) is 91.5 cm³/mol. The van der Waals surface area contributed by atoms with Crippen molar-refractivity contribution >= 4 is 35.1 Å². The Morgan fingerprint density at radius 3 is 2.38 bits per heavy atom. The molecule has 2 rings (SSSR count). The number of benzene rings is 2. The maximum absolute atomic E-state index is 12.3. The van der Waals surface area contributed by atoms with Crippen molar-refractivity contribution in [2.24, 2.45) is 0 Å². The predicted octanol–water partition coefficient (Wildman–Crippen LogP) is 3.49. The summed E-state index contributed by atoms with van der Waals surface area (Å²) in [5.41, 5.74) is 0.835. The van der Waals surface area contributed by atoms with E-state index in [4.69, 9.17) is 33.0 Å². The van der Waals surface area contributed by atoms with Gasteiger partial charge < -0.3 is 14.7 Å². The Bertz CT molecular complexity index is 722. The zero-order valence-electron chi connectivity index (χ0n) is 12.6. The molecule has 0 bridgehead atoms. The topological polar surface area (TPSA) is 66.8 Å². The Hall–Kier alpha value is -2.24. The van der Waals surface area contributed by atoms with E-state index in [9.17, 15) is 9.59 Å². The summed E-state index contributed by atoms with van der Waals surface area (Å²) in [6.45, 7) is -0.507. The molecule has 0 atom stereocenters. The van der Waals surface area contributed by atoms with E-state index in [-0.39, 0.29) is 13.2 Å². The molecule has 1 N–H and O–H groups in total. The number of carboxylic acid groups (broad SMARTS) is 1. The third kappa shape index (κ3) is 5.44. The van der Waals surface area contributed by atoms with Crippen molar-refractivity contribution < 1.29 is 19.4 Å². The highest BCUT2D eigenvalue weighted by molar-refractivity contribution is 6.42. The zero-order valence-corrected chi connectivity index (χ0v) is 14.1. The molecular formula is C17H15Cl2NO4. The molecule has 0 aliphatic heterocycles. The van der Waals surface area contributed by atoms with E-state index in [1.807, 2.05) is 30.3 Å². The quantitative estimate of drug-likeness (QED) is 0.813. The minimum Gasteiger partial charge on any atom is -0.484 e. The van der Waals surface area contributed by atoms with E-state index in [0.717, 1.165) is 5.56 Å². The molecule has 0 radical (unpaired) electrons. The van der Waals surface area contributed by atoms with Gasteiger partial charge >= 0.3 is 5.97 Å². The molecule has 0 unspecified atom stereocenters. The first-order valence-electron chi connectivity index (χ1n) is 7.07. The van der Waals surface area contributed by atoms with Crippen LogP contribution in [0.25, 0.3) is 0 Å². The fraction of sp³-hybridized carbons (Fsp3) is 0.176. The number of carbonyl (C=O) groups excluding carboxylic acids is 1. The van der Waals surface area contributed by atoms with Crippen molar-refractivity contribution in [1.29, 1.82) is 0 Å². The Labute approximate surface area is 149 Å². The molecule has 0 spiro atoms. The highest BCUT2D eigenvalue weighted by atomic mass is 35.5. The van der Waals surface area contributed by atoms with Gasteiger partial charge in [0.05, 0.1) is 10.0 Å². The first kappa shape index (κ1) is 18.1. The summed E-state index contributed by atoms with van der Waals surface area (Å²) in [6.07, 6.45) is 0. The molecule has 2 aromatic rings. The lowest BCUT2D eigenvalue weighted by molar-refractivity contribution is -0.145. The number of carbonyl (C=O) groups is 2. The highest BCUT2D eigenvalue weighted by Crippen LogP contribution is 2.26. The lowest BCUT2D eigenvalue weighted by atomic mass is 10.2. The summed E-state index contributed by atoms with van der Waals surface area (Å²) in [7, 11) is 0. The van der Waals surface area contributed by atoms with Gasteiger partial charge in [0.2, 0.25) is 0 Å². The standard InChI is InChI=1S/C17H15Cl2NO4/c18-14-7-6-13(8-15(14)19)24-11-16(21)20(10-17(22)23)9-12-4-2-1-3-5-12/h1-8H,9-11H2,(H,22,23). The van der Waals surface area contributed by atoms with Crippen LogP contribution in [0.5, 0.6) is 5.75 Å². The molecule has 0 fully saturated rings. The molecule has 0 aliphatic rings. The van der Waals surface area contributed by atoms with E-state index in [2.05, 4.69) is 0 Å². The van der Waals surface area contributed by atoms with E-state index in [0.29, 0.717) is 15.8 Å². The number of ether oxygens (including phenoxy) is 1. The molecule has 0 aliphatic carbocycles. The van der Waals surface area contributed by atoms with Crippen LogP contribution in [0.3, 0.4) is 0 Å². The molecule has 1 amide bonds. The van der Waals surface area contributed by atoms with Gasteiger partial charge in [-0.2, -0.15) is 0 Å². The lowest BCUT2D eigenvalue weighted by Gasteiger charge is -2.21. The number of hydrogen-bond donors (Lipinski definition) is 1. The second-order valence-electron chi connectivity index (χ2n) is 4.99. The van der Waals surface area contributed by atoms with Gasteiger partial charge in [-0.05, 0) is 17.7 Å². The molecule has 2 aromatic carbocycles. The number of hydrogen-bond acceptors (Lipinski definition) is 3. The van der Waals surface area contributed by atoms with Crippen LogP contribution in [-0.4, -0.2) is 35.0 Å². The van der Waals surface area contributed by atoms with Crippen LogP contribution < -0.4 is 4.74 Å². The summed E-state index contributed by atoms with van der Waals surface area (Å²) < 4.78 is 5.38. The first-order chi connectivity index (χ1) is 11.5. The van der Waals surface area contributed by atoms with Gasteiger partial charge in [0.15, 0.2) is 6.61 Å². The minimum absolute atomic E-state index is 0.191. The van der Waals surface area contributed by atoms with Crippen LogP contribution in [0.2, 0.25) is 10.0 Å². The molecule has 126 valence electrons. The van der Waals surface area contributed by atoms with E-state index >= 15 is 0 Å². The summed E-state index contributed by atoms with van der Waals surface area (Å²) in [5, 5.41) is 9.69. The highest BCUT2D eigenvalue weighted by Gasteiger charge is 2.18. The molecule has 0 saturated carbocycles. The maximum Gasteiger partial charge on any atom is 0.323 e. The van der Waals surface area contributed by atoms with Gasteiger partial charge in [0, 0.05) is 12.6 Å². The monoisotopic (exact) mass is 367 g/mol. The maximum atomic E-state index is 12.3. The molecule has 24 heavy (non-hydrogen) atoms. The van der Waals surface area contributed by atoms with Gasteiger partial charge in [-0.15, -0.1) is 0 Å². The first-order valence-corrected chi connectivity index (χ1v) is 7.82. The average molecular weight is 368 g/mol. The fourth-order valence-corrected chi connectivity index (χ4v) is 2.29. The van der Waals surface area contributed by atoms with Crippen molar-refractivity contribution in [2.45, 2.75) is 6.54 Å². The van der Waals surface area contributed by atoms with E-state index < -0.39 is 18.4 Å². The van der Waals surface area contributed by atoms with Crippen LogP contribution in [0.15, 0.2) is 48.5 Å². The zero-order chi connectivity index (χ0) is 17.5. The molecule has 0 heterocycles. The van der Waals surface area contributed by atoms with Gasteiger partial charge in [0.1, 0.15) is 12.3 Å². The van der Waals surface area contributed by atoms with Gasteiger partial charge in [-0.1, -0.05) is 53.5 Å². The van der Waals surface area contributed by atoms with Gasteiger partial charge in [0.25, 0.3) is 5.91 Å². The van der Waals surface area contributed by atoms with E-state index in [1.165, 1.54) is 11.0 Å². The largest absolute Gasteiger partial charge is 0.484 e. The summed E-state index contributed by atoms with van der Waals surface area (Å²) in [5.74, 6) is -1.14. The SMILES string of the molecule is O=C(O)CN(Cc1ccccc1)C(=O)COc1ccc(Cl)c(Cl)c1. The van der Waals surface area contributed by atoms with Crippen molar-refractivity contribution in [3.8, 4) is 5.75 Å². The second kappa shape index (κ2) is 8.57. The second-order valence-corrected chi connectivity index (χ2v) is 5.81. The van der Waals surface area contributed by atoms with Crippen LogP contribution in [0.1, 0.15) is 5.56 Å². The Morgan fingerprint density at radius 1 is 1.04 bits per heavy atom. The summed E-state index contributed by atoms with van der Waals surface area (Å²) >= 11 is 11.7. The van der Waals surface area contributed by atoms with Crippen LogP contribution in [0.4, 0.5) is 0 Å². The molecule has 0 saturated heterocycles. The summed E-state index contributed by atoms with van der Waals surface area (Å²) in [6, 6.07) is 13.8. The van der Waals surface area contributed by atoms with Gasteiger partial charge in [-0.25, -0.2) is 0 Å². The molecule has 0 aromatic heterocycles. The number of rotatable bonds is 7. The molecule has 5 nitrogen and oxygen atoms in total. The number of nitrogens with zero attached hydrogens (tertiary/aromatic N) is 1.